The van der Waals surface area contributed by atoms with Crippen molar-refractivity contribution in [3.05, 3.63) is 54.7 Å². The minimum absolute atomic E-state index is 0.241. The van der Waals surface area contributed by atoms with Crippen LogP contribution >= 0.6 is 45.8 Å². The predicted octanol–water partition coefficient (Wildman–Crippen LogP) is 4.86. The first-order valence-electron chi connectivity index (χ1n) is 5.79. The van der Waals surface area contributed by atoms with Crippen LogP contribution in [0.5, 0.6) is 0 Å². The van der Waals surface area contributed by atoms with Crippen molar-refractivity contribution < 1.29 is 4.79 Å². The lowest BCUT2D eigenvalue weighted by atomic mass is 10.1. The number of aromatic nitrogens is 1. The highest BCUT2D eigenvalue weighted by atomic mass is 127. The Morgan fingerprint density at radius 1 is 1.25 bits per heavy atom. The highest BCUT2D eigenvalue weighted by Gasteiger charge is 2.14. The van der Waals surface area contributed by atoms with E-state index < -0.39 is 0 Å². The number of halogens is 3. The summed E-state index contributed by atoms with van der Waals surface area (Å²) in [6.07, 6.45) is 0. The lowest BCUT2D eigenvalue weighted by Crippen LogP contribution is -2.15. The Morgan fingerprint density at radius 2 is 1.95 bits per heavy atom. The van der Waals surface area contributed by atoms with Crippen molar-refractivity contribution >= 4 is 57.5 Å². The molecule has 0 saturated carbocycles. The number of carbonyl (C=O) groups excluding carboxylic acids is 1. The van der Waals surface area contributed by atoms with Crippen LogP contribution in [0.1, 0.15) is 21.6 Å². The summed E-state index contributed by atoms with van der Waals surface area (Å²) in [5, 5.41) is 3.50. The first-order valence-corrected chi connectivity index (χ1v) is 7.62. The van der Waals surface area contributed by atoms with Crippen LogP contribution in [0.4, 0.5) is 5.82 Å². The van der Waals surface area contributed by atoms with Crippen molar-refractivity contribution in [2.24, 2.45) is 0 Å². The zero-order valence-corrected chi connectivity index (χ0v) is 14.5. The molecule has 0 aliphatic heterocycles. The Kier molecular flexibility index (Phi) is 4.88. The standard InChI is InChI=1S/C14H11Cl2IN2O/c1-7-4-3-5-9(12(7)17)14(20)19-13-11(16)6-10(15)8(2)18-13/h3-6H,1-2H3,(H,18,19,20). The molecule has 0 atom stereocenters. The number of rotatable bonds is 2. The van der Waals surface area contributed by atoms with E-state index in [4.69, 9.17) is 23.2 Å². The molecule has 2 rings (SSSR count). The van der Waals surface area contributed by atoms with Gasteiger partial charge in [-0.05, 0) is 54.1 Å². The van der Waals surface area contributed by atoms with Gasteiger partial charge in [-0.25, -0.2) is 4.98 Å². The Bertz CT molecular complexity index is 689. The highest BCUT2D eigenvalue weighted by Crippen LogP contribution is 2.26. The molecule has 20 heavy (non-hydrogen) atoms. The molecule has 2 aromatic rings. The van der Waals surface area contributed by atoms with Gasteiger partial charge in [0.2, 0.25) is 0 Å². The SMILES string of the molecule is Cc1cccc(C(=O)Nc2nc(C)c(Cl)cc2Cl)c1I. The number of hydrogen-bond acceptors (Lipinski definition) is 2. The van der Waals surface area contributed by atoms with E-state index >= 15 is 0 Å². The van der Waals surface area contributed by atoms with Crippen LogP contribution in [0.15, 0.2) is 24.3 Å². The van der Waals surface area contributed by atoms with E-state index in [0.29, 0.717) is 27.1 Å². The normalized spacial score (nSPS) is 10.4. The van der Waals surface area contributed by atoms with Gasteiger partial charge in [0.25, 0.3) is 5.91 Å². The van der Waals surface area contributed by atoms with Crippen LogP contribution in [0.3, 0.4) is 0 Å². The minimum Gasteiger partial charge on any atom is -0.305 e. The maximum atomic E-state index is 12.3. The van der Waals surface area contributed by atoms with Gasteiger partial charge in [-0.15, -0.1) is 0 Å². The number of amides is 1. The second kappa shape index (κ2) is 6.28. The fourth-order valence-electron chi connectivity index (χ4n) is 1.64. The lowest BCUT2D eigenvalue weighted by Gasteiger charge is -2.10. The summed E-state index contributed by atoms with van der Waals surface area (Å²) < 4.78 is 0.907. The third-order valence-corrected chi connectivity index (χ3v) is 4.88. The van der Waals surface area contributed by atoms with Crippen LogP contribution in [0.2, 0.25) is 10.0 Å². The van der Waals surface area contributed by atoms with E-state index in [-0.39, 0.29) is 5.91 Å². The summed E-state index contributed by atoms with van der Waals surface area (Å²) in [6.45, 7) is 3.71. The van der Waals surface area contributed by atoms with E-state index in [2.05, 4.69) is 32.9 Å². The average Bonchev–Trinajstić information content (AvgIpc) is 2.39. The third kappa shape index (κ3) is 3.24. The van der Waals surface area contributed by atoms with E-state index in [0.717, 1.165) is 9.13 Å². The molecule has 3 nitrogen and oxygen atoms in total. The number of aryl methyl sites for hydroxylation is 2. The van der Waals surface area contributed by atoms with Crippen molar-refractivity contribution in [2.75, 3.05) is 5.32 Å². The molecule has 0 radical (unpaired) electrons. The van der Waals surface area contributed by atoms with E-state index in [1.807, 2.05) is 19.1 Å². The number of carbonyl (C=O) groups is 1. The fraction of sp³-hybridized carbons (Fsp3) is 0.143. The molecule has 104 valence electrons. The smallest absolute Gasteiger partial charge is 0.257 e. The molecule has 0 fully saturated rings. The van der Waals surface area contributed by atoms with Crippen LogP contribution < -0.4 is 5.32 Å². The van der Waals surface area contributed by atoms with Crippen molar-refractivity contribution in [1.82, 2.24) is 4.98 Å². The van der Waals surface area contributed by atoms with Gasteiger partial charge in [-0.3, -0.25) is 4.79 Å². The van der Waals surface area contributed by atoms with Crippen molar-refractivity contribution in [3.8, 4) is 0 Å². The predicted molar refractivity (Wildman–Crippen MR) is 90.8 cm³/mol. The van der Waals surface area contributed by atoms with Crippen LogP contribution in [-0.2, 0) is 0 Å². The van der Waals surface area contributed by atoms with Gasteiger partial charge in [0, 0.05) is 3.57 Å². The molecular weight excluding hydrogens is 410 g/mol. The summed E-state index contributed by atoms with van der Waals surface area (Å²) in [5.41, 5.74) is 2.26. The molecule has 0 aliphatic carbocycles. The van der Waals surface area contributed by atoms with E-state index in [1.165, 1.54) is 0 Å². The molecule has 0 bridgehead atoms. The summed E-state index contributed by atoms with van der Waals surface area (Å²) in [4.78, 5) is 16.5. The van der Waals surface area contributed by atoms with Crippen LogP contribution in [0.25, 0.3) is 0 Å². The number of hydrogen-bond donors (Lipinski definition) is 1. The first-order chi connectivity index (χ1) is 9.40. The largest absolute Gasteiger partial charge is 0.305 e. The fourth-order valence-corrected chi connectivity index (χ4v) is 2.65. The Balaban J connectivity index is 2.33. The number of nitrogens with zero attached hydrogens (tertiary/aromatic N) is 1. The molecule has 1 aromatic heterocycles. The molecule has 1 amide bonds. The number of pyridine rings is 1. The molecule has 0 unspecified atom stereocenters. The maximum absolute atomic E-state index is 12.3. The summed E-state index contributed by atoms with van der Waals surface area (Å²) in [7, 11) is 0. The summed E-state index contributed by atoms with van der Waals surface area (Å²) in [5.74, 6) is 0.0742. The second-order valence-corrected chi connectivity index (χ2v) is 6.17. The topological polar surface area (TPSA) is 42.0 Å². The van der Waals surface area contributed by atoms with Gasteiger partial charge in [0.05, 0.1) is 21.3 Å². The number of benzene rings is 1. The Hall–Kier alpha value is -0.850. The third-order valence-electron chi connectivity index (χ3n) is 2.77. The molecular formula is C14H11Cl2IN2O. The molecule has 1 N–H and O–H groups in total. The summed E-state index contributed by atoms with van der Waals surface area (Å²) in [6, 6.07) is 7.13. The van der Waals surface area contributed by atoms with Crippen LogP contribution in [0, 0.1) is 17.4 Å². The van der Waals surface area contributed by atoms with Gasteiger partial charge in [0.1, 0.15) is 0 Å². The van der Waals surface area contributed by atoms with E-state index in [9.17, 15) is 4.79 Å². The van der Waals surface area contributed by atoms with Gasteiger partial charge >= 0.3 is 0 Å². The second-order valence-electron chi connectivity index (χ2n) is 4.28. The van der Waals surface area contributed by atoms with Crippen molar-refractivity contribution in [3.63, 3.8) is 0 Å². The molecule has 1 aromatic carbocycles. The first kappa shape index (κ1) is 15.5. The monoisotopic (exact) mass is 420 g/mol. The van der Waals surface area contributed by atoms with E-state index in [1.54, 1.807) is 19.1 Å². The Labute approximate surface area is 140 Å². The van der Waals surface area contributed by atoms with Crippen LogP contribution in [-0.4, -0.2) is 10.9 Å². The van der Waals surface area contributed by atoms with Gasteiger partial charge in [0.15, 0.2) is 5.82 Å². The lowest BCUT2D eigenvalue weighted by molar-refractivity contribution is 0.102. The summed E-state index contributed by atoms with van der Waals surface area (Å²) >= 11 is 14.1. The zero-order valence-electron chi connectivity index (χ0n) is 10.8. The highest BCUT2D eigenvalue weighted by molar-refractivity contribution is 14.1. The maximum Gasteiger partial charge on any atom is 0.257 e. The Morgan fingerprint density at radius 3 is 2.65 bits per heavy atom. The average molecular weight is 421 g/mol. The number of anilines is 1. The number of nitrogens with one attached hydrogen (secondary N) is 1. The molecule has 6 heteroatoms. The molecule has 0 spiro atoms. The zero-order chi connectivity index (χ0) is 14.9. The van der Waals surface area contributed by atoms with Gasteiger partial charge in [-0.2, -0.15) is 0 Å². The quantitative estimate of drug-likeness (QED) is 0.704. The molecule has 1 heterocycles. The van der Waals surface area contributed by atoms with Crippen molar-refractivity contribution in [1.29, 1.82) is 0 Å². The molecule has 0 aliphatic rings. The minimum atomic E-state index is -0.241. The molecule has 0 saturated heterocycles. The van der Waals surface area contributed by atoms with Gasteiger partial charge < -0.3 is 5.32 Å². The van der Waals surface area contributed by atoms with Crippen molar-refractivity contribution in [2.45, 2.75) is 13.8 Å². The van der Waals surface area contributed by atoms with Gasteiger partial charge in [-0.1, -0.05) is 35.3 Å².